The van der Waals surface area contributed by atoms with Crippen LogP contribution in [0.2, 0.25) is 5.02 Å². The topological polar surface area (TPSA) is 137 Å². The van der Waals surface area contributed by atoms with Crippen molar-refractivity contribution in [1.29, 1.82) is 0 Å². The van der Waals surface area contributed by atoms with E-state index in [0.29, 0.717) is 44.4 Å². The molecule has 0 fully saturated rings. The molecule has 0 radical (unpaired) electrons. The van der Waals surface area contributed by atoms with Crippen LogP contribution in [0.1, 0.15) is 42.1 Å². The van der Waals surface area contributed by atoms with E-state index in [1.807, 2.05) is 31.2 Å². The van der Waals surface area contributed by atoms with Gasteiger partial charge in [-0.3, -0.25) is 4.79 Å². The number of carbonyl (C=O) groups excluding carboxylic acids is 3. The van der Waals surface area contributed by atoms with E-state index in [9.17, 15) is 14.4 Å². The van der Waals surface area contributed by atoms with Gasteiger partial charge in [0, 0.05) is 5.70 Å². The van der Waals surface area contributed by atoms with Gasteiger partial charge >= 0.3 is 12.0 Å². The zero-order valence-corrected chi connectivity index (χ0v) is 27.4. The molecule has 3 aromatic rings. The average molecular weight is 700 g/mol. The smallest absolute Gasteiger partial charge is 0.338 e. The Morgan fingerprint density at radius 2 is 1.82 bits per heavy atom. The molecule has 1 aliphatic rings. The zero-order chi connectivity index (χ0) is 32.5. The fraction of sp³-hybridized carbons (Fsp3) is 0.250. The SMILES string of the molecule is CCOC(=O)C1=C(C)NC(=O)N[C@H]1c1ccc(OCC(=O)N/N=C\c2cc(Cl)c(OCc3ccc(C)cc3)c(Br)c2)c(OC)c1. The Balaban J connectivity index is 1.35. The van der Waals surface area contributed by atoms with Gasteiger partial charge in [0.25, 0.3) is 5.91 Å². The van der Waals surface area contributed by atoms with Crippen LogP contribution in [0.15, 0.2) is 75.4 Å². The summed E-state index contributed by atoms with van der Waals surface area (Å²) in [7, 11) is 1.44. The molecular weight excluding hydrogens is 668 g/mol. The summed E-state index contributed by atoms with van der Waals surface area (Å²) in [5.41, 5.74) is 6.43. The number of nitrogens with one attached hydrogen (secondary N) is 3. The van der Waals surface area contributed by atoms with Crippen LogP contribution in [0, 0.1) is 6.92 Å². The second kappa shape index (κ2) is 15.4. The van der Waals surface area contributed by atoms with Gasteiger partial charge in [-0.15, -0.1) is 0 Å². The van der Waals surface area contributed by atoms with Gasteiger partial charge in [0.1, 0.15) is 6.61 Å². The first-order valence-corrected chi connectivity index (χ1v) is 15.0. The molecule has 13 heteroatoms. The number of rotatable bonds is 12. The van der Waals surface area contributed by atoms with Crippen molar-refractivity contribution in [3.8, 4) is 17.2 Å². The third-order valence-electron chi connectivity index (χ3n) is 6.57. The Morgan fingerprint density at radius 1 is 1.07 bits per heavy atom. The molecule has 3 amide bonds. The van der Waals surface area contributed by atoms with Gasteiger partial charge in [-0.05, 0) is 77.7 Å². The third kappa shape index (κ3) is 8.77. The lowest BCUT2D eigenvalue weighted by atomic mass is 9.95. The molecule has 0 spiro atoms. The predicted molar refractivity (Wildman–Crippen MR) is 173 cm³/mol. The van der Waals surface area contributed by atoms with Crippen LogP contribution in [0.3, 0.4) is 0 Å². The zero-order valence-electron chi connectivity index (χ0n) is 25.0. The van der Waals surface area contributed by atoms with Crippen molar-refractivity contribution in [2.45, 2.75) is 33.4 Å². The minimum Gasteiger partial charge on any atom is -0.493 e. The molecule has 0 saturated carbocycles. The number of esters is 1. The Kier molecular flexibility index (Phi) is 11.4. The Labute approximate surface area is 274 Å². The normalized spacial score (nSPS) is 14.4. The number of aryl methyl sites for hydroxylation is 1. The summed E-state index contributed by atoms with van der Waals surface area (Å²) in [4.78, 5) is 37.2. The molecule has 45 heavy (non-hydrogen) atoms. The summed E-state index contributed by atoms with van der Waals surface area (Å²) in [6.45, 7) is 5.52. The average Bonchev–Trinajstić information content (AvgIpc) is 3.00. The highest BCUT2D eigenvalue weighted by Crippen LogP contribution is 2.36. The highest BCUT2D eigenvalue weighted by atomic mass is 79.9. The van der Waals surface area contributed by atoms with Crippen LogP contribution in [0.4, 0.5) is 4.79 Å². The maximum absolute atomic E-state index is 12.6. The molecule has 0 saturated heterocycles. The lowest BCUT2D eigenvalue weighted by molar-refractivity contribution is -0.139. The summed E-state index contributed by atoms with van der Waals surface area (Å²) in [5.74, 6) is -0.00871. The highest BCUT2D eigenvalue weighted by molar-refractivity contribution is 9.10. The van der Waals surface area contributed by atoms with E-state index >= 15 is 0 Å². The lowest BCUT2D eigenvalue weighted by Gasteiger charge is -2.28. The van der Waals surface area contributed by atoms with E-state index in [1.54, 1.807) is 44.2 Å². The third-order valence-corrected chi connectivity index (χ3v) is 7.44. The maximum Gasteiger partial charge on any atom is 0.338 e. The van der Waals surface area contributed by atoms with Crippen molar-refractivity contribution in [1.82, 2.24) is 16.1 Å². The number of nitrogens with zero attached hydrogens (tertiary/aromatic N) is 1. The van der Waals surface area contributed by atoms with Crippen LogP contribution in [-0.4, -0.2) is 44.4 Å². The summed E-state index contributed by atoms with van der Waals surface area (Å²) >= 11 is 9.92. The van der Waals surface area contributed by atoms with Gasteiger partial charge in [-0.25, -0.2) is 15.0 Å². The Morgan fingerprint density at radius 3 is 2.51 bits per heavy atom. The molecule has 0 unspecified atom stereocenters. The predicted octanol–water partition coefficient (Wildman–Crippen LogP) is 5.72. The van der Waals surface area contributed by atoms with Crippen molar-refractivity contribution in [3.05, 3.63) is 97.6 Å². The number of hydrogen-bond acceptors (Lipinski definition) is 8. The first kappa shape index (κ1) is 33.3. The number of carbonyl (C=O) groups is 3. The first-order chi connectivity index (χ1) is 21.6. The number of ether oxygens (including phenoxy) is 4. The molecule has 3 aromatic carbocycles. The monoisotopic (exact) mass is 698 g/mol. The number of methoxy groups -OCH3 is 1. The van der Waals surface area contributed by atoms with E-state index in [0.717, 1.165) is 5.56 Å². The van der Waals surface area contributed by atoms with Crippen LogP contribution >= 0.6 is 27.5 Å². The molecule has 4 rings (SSSR count). The summed E-state index contributed by atoms with van der Waals surface area (Å²) in [6, 6.07) is 15.1. The van der Waals surface area contributed by atoms with Gasteiger partial charge in [0.05, 0.1) is 41.0 Å². The first-order valence-electron chi connectivity index (χ1n) is 13.8. The van der Waals surface area contributed by atoms with Gasteiger partial charge in [0.2, 0.25) is 0 Å². The Hall–Kier alpha value is -4.55. The fourth-order valence-corrected chi connectivity index (χ4v) is 5.38. The lowest BCUT2D eigenvalue weighted by Crippen LogP contribution is -2.45. The van der Waals surface area contributed by atoms with Crippen molar-refractivity contribution < 1.29 is 33.3 Å². The van der Waals surface area contributed by atoms with E-state index in [4.69, 9.17) is 30.5 Å². The molecule has 11 nitrogen and oxygen atoms in total. The number of amides is 3. The molecule has 1 aliphatic heterocycles. The molecule has 0 bridgehead atoms. The minimum atomic E-state index is -0.777. The van der Waals surface area contributed by atoms with E-state index in [-0.39, 0.29) is 24.5 Å². The quantitative estimate of drug-likeness (QED) is 0.125. The molecule has 236 valence electrons. The van der Waals surface area contributed by atoms with Crippen molar-refractivity contribution >= 4 is 51.7 Å². The van der Waals surface area contributed by atoms with Gasteiger partial charge in [0.15, 0.2) is 23.9 Å². The number of benzene rings is 3. The number of allylic oxidation sites excluding steroid dienone is 1. The molecule has 1 heterocycles. The summed E-state index contributed by atoms with van der Waals surface area (Å²) in [6.07, 6.45) is 1.44. The standard InChI is InChI=1S/C32H32BrClN4O7/c1-5-43-31(40)28-19(3)36-32(41)37-29(28)22-10-11-25(26(14-22)42-4)44-17-27(39)38-35-15-21-12-23(33)30(24(34)13-21)45-16-20-8-6-18(2)7-9-20/h6-15,29H,5,16-17H2,1-4H3,(H,38,39)(H2,36,37,41)/b35-15-/t29-/m0/s1. The van der Waals surface area contributed by atoms with E-state index in [1.165, 1.54) is 18.9 Å². The van der Waals surface area contributed by atoms with Gasteiger partial charge in [-0.2, -0.15) is 5.10 Å². The largest absolute Gasteiger partial charge is 0.493 e. The van der Waals surface area contributed by atoms with Gasteiger partial charge in [-0.1, -0.05) is 47.5 Å². The number of urea groups is 1. The molecule has 0 aromatic heterocycles. The molecular formula is C32H32BrClN4O7. The van der Waals surface area contributed by atoms with Crippen molar-refractivity contribution in [2.75, 3.05) is 20.3 Å². The van der Waals surface area contributed by atoms with E-state index in [2.05, 4.69) is 37.1 Å². The van der Waals surface area contributed by atoms with Gasteiger partial charge < -0.3 is 29.6 Å². The number of halogens is 2. The molecule has 3 N–H and O–H groups in total. The summed E-state index contributed by atoms with van der Waals surface area (Å²) in [5, 5.41) is 9.69. The second-order valence-corrected chi connectivity index (χ2v) is 11.1. The van der Waals surface area contributed by atoms with Crippen LogP contribution in [0.25, 0.3) is 0 Å². The van der Waals surface area contributed by atoms with Crippen molar-refractivity contribution in [3.63, 3.8) is 0 Å². The van der Waals surface area contributed by atoms with Crippen LogP contribution < -0.4 is 30.3 Å². The fourth-order valence-electron chi connectivity index (χ4n) is 4.39. The second-order valence-electron chi connectivity index (χ2n) is 9.87. The summed E-state index contributed by atoms with van der Waals surface area (Å²) < 4.78 is 22.8. The number of hydrazone groups is 1. The molecule has 1 atom stereocenters. The van der Waals surface area contributed by atoms with Crippen molar-refractivity contribution in [2.24, 2.45) is 5.10 Å². The Bertz CT molecular complexity index is 1620. The number of hydrogen-bond donors (Lipinski definition) is 3. The van der Waals surface area contributed by atoms with E-state index < -0.39 is 23.9 Å². The van der Waals surface area contributed by atoms with Crippen LogP contribution in [-0.2, 0) is 20.9 Å². The molecule has 0 aliphatic carbocycles. The minimum absolute atomic E-state index is 0.181. The maximum atomic E-state index is 12.6. The highest BCUT2D eigenvalue weighted by Gasteiger charge is 2.32. The van der Waals surface area contributed by atoms with Crippen LogP contribution in [0.5, 0.6) is 17.2 Å².